The summed E-state index contributed by atoms with van der Waals surface area (Å²) in [4.78, 5) is 0. The molecule has 0 unspecified atom stereocenters. The van der Waals surface area contributed by atoms with Crippen molar-refractivity contribution in [2.45, 2.75) is 26.7 Å². The Morgan fingerprint density at radius 1 is 1.56 bits per heavy atom. The average molecular weight is 223 g/mol. The van der Waals surface area contributed by atoms with Gasteiger partial charge in [-0.1, -0.05) is 6.92 Å². The summed E-state index contributed by atoms with van der Waals surface area (Å²) < 4.78 is 5.22. The zero-order valence-electron chi connectivity index (χ0n) is 10.2. The molecule has 1 fully saturated rings. The monoisotopic (exact) mass is 223 g/mol. The van der Waals surface area contributed by atoms with Crippen molar-refractivity contribution in [3.8, 4) is 0 Å². The molecule has 0 atom stereocenters. The lowest BCUT2D eigenvalue weighted by Crippen LogP contribution is -2.47. The molecule has 0 aromatic carbocycles. The number of aromatic nitrogens is 2. The predicted octanol–water partition coefficient (Wildman–Crippen LogP) is 1.28. The molecule has 0 aliphatic carbocycles. The van der Waals surface area contributed by atoms with Crippen molar-refractivity contribution in [3.63, 3.8) is 0 Å². The van der Waals surface area contributed by atoms with E-state index in [2.05, 4.69) is 29.4 Å². The zero-order valence-corrected chi connectivity index (χ0v) is 10.2. The molecule has 90 valence electrons. The SMILES string of the molecule is Cc1[nH]ncc1CCCNCC1(C)COC1. The fourth-order valence-corrected chi connectivity index (χ4v) is 1.97. The first-order chi connectivity index (χ1) is 7.70. The quantitative estimate of drug-likeness (QED) is 0.714. The van der Waals surface area contributed by atoms with E-state index in [4.69, 9.17) is 4.74 Å². The van der Waals surface area contributed by atoms with E-state index < -0.39 is 0 Å². The molecular formula is C12H21N3O. The van der Waals surface area contributed by atoms with Crippen molar-refractivity contribution >= 4 is 0 Å². The first-order valence-electron chi connectivity index (χ1n) is 5.97. The van der Waals surface area contributed by atoms with Crippen molar-refractivity contribution < 1.29 is 4.74 Å². The van der Waals surface area contributed by atoms with Crippen LogP contribution in [0.1, 0.15) is 24.6 Å². The average Bonchev–Trinajstić information content (AvgIpc) is 2.61. The van der Waals surface area contributed by atoms with Crippen LogP contribution in [-0.2, 0) is 11.2 Å². The van der Waals surface area contributed by atoms with Crippen molar-refractivity contribution in [2.24, 2.45) is 5.41 Å². The van der Waals surface area contributed by atoms with Crippen LogP contribution in [0.15, 0.2) is 6.20 Å². The molecule has 0 radical (unpaired) electrons. The minimum Gasteiger partial charge on any atom is -0.380 e. The number of rotatable bonds is 6. The fraction of sp³-hybridized carbons (Fsp3) is 0.750. The van der Waals surface area contributed by atoms with Crippen molar-refractivity contribution in [1.29, 1.82) is 0 Å². The second-order valence-corrected chi connectivity index (χ2v) is 5.10. The minimum atomic E-state index is 0.381. The maximum absolute atomic E-state index is 5.22. The number of H-pyrrole nitrogens is 1. The second kappa shape index (κ2) is 4.97. The smallest absolute Gasteiger partial charge is 0.0554 e. The molecule has 1 aromatic rings. The largest absolute Gasteiger partial charge is 0.380 e. The van der Waals surface area contributed by atoms with Gasteiger partial charge >= 0.3 is 0 Å². The van der Waals surface area contributed by atoms with Gasteiger partial charge in [0.05, 0.1) is 19.4 Å². The molecule has 2 heterocycles. The molecule has 2 N–H and O–H groups in total. The molecular weight excluding hydrogens is 202 g/mol. The third kappa shape index (κ3) is 2.83. The van der Waals surface area contributed by atoms with E-state index in [1.165, 1.54) is 11.3 Å². The highest BCUT2D eigenvalue weighted by molar-refractivity contribution is 5.14. The normalized spacial score (nSPS) is 18.4. The molecule has 4 heteroatoms. The third-order valence-electron chi connectivity index (χ3n) is 3.19. The Bertz CT molecular complexity index is 331. The van der Waals surface area contributed by atoms with Crippen LogP contribution < -0.4 is 5.32 Å². The van der Waals surface area contributed by atoms with E-state index in [9.17, 15) is 0 Å². The van der Waals surface area contributed by atoms with Crippen LogP contribution in [0.25, 0.3) is 0 Å². The summed E-state index contributed by atoms with van der Waals surface area (Å²) in [6, 6.07) is 0. The molecule has 2 rings (SSSR count). The van der Waals surface area contributed by atoms with E-state index in [1.54, 1.807) is 0 Å². The van der Waals surface area contributed by atoms with Gasteiger partial charge < -0.3 is 10.1 Å². The highest BCUT2D eigenvalue weighted by Gasteiger charge is 2.32. The molecule has 0 amide bonds. The van der Waals surface area contributed by atoms with Gasteiger partial charge in [0.15, 0.2) is 0 Å². The van der Waals surface area contributed by atoms with Gasteiger partial charge in [0.25, 0.3) is 0 Å². The lowest BCUT2D eigenvalue weighted by Gasteiger charge is -2.38. The van der Waals surface area contributed by atoms with Gasteiger partial charge in [-0.25, -0.2) is 0 Å². The summed E-state index contributed by atoms with van der Waals surface area (Å²) in [6.45, 7) is 8.28. The van der Waals surface area contributed by atoms with Crippen LogP contribution in [0.4, 0.5) is 0 Å². The number of aryl methyl sites for hydroxylation is 2. The standard InChI is InChI=1S/C12H21N3O/c1-10-11(6-14-15-10)4-3-5-13-7-12(2)8-16-9-12/h6,13H,3-5,7-9H2,1-2H3,(H,14,15). The van der Waals surface area contributed by atoms with Crippen LogP contribution in [0.5, 0.6) is 0 Å². The maximum atomic E-state index is 5.22. The van der Waals surface area contributed by atoms with Crippen LogP contribution in [0, 0.1) is 12.3 Å². The number of hydrogen-bond acceptors (Lipinski definition) is 3. The third-order valence-corrected chi connectivity index (χ3v) is 3.19. The molecule has 1 aromatic heterocycles. The van der Waals surface area contributed by atoms with E-state index in [0.717, 1.165) is 39.1 Å². The number of aromatic amines is 1. The van der Waals surface area contributed by atoms with Gasteiger partial charge in [-0.15, -0.1) is 0 Å². The molecule has 1 aliphatic rings. The van der Waals surface area contributed by atoms with Crippen LogP contribution in [0.3, 0.4) is 0 Å². The van der Waals surface area contributed by atoms with Crippen molar-refractivity contribution in [1.82, 2.24) is 15.5 Å². The fourth-order valence-electron chi connectivity index (χ4n) is 1.97. The van der Waals surface area contributed by atoms with E-state index in [-0.39, 0.29) is 0 Å². The zero-order chi connectivity index (χ0) is 11.4. The van der Waals surface area contributed by atoms with Gasteiger partial charge in [-0.3, -0.25) is 5.10 Å². The topological polar surface area (TPSA) is 49.9 Å². The Morgan fingerprint density at radius 3 is 2.94 bits per heavy atom. The Balaban J connectivity index is 1.57. The highest BCUT2D eigenvalue weighted by atomic mass is 16.5. The summed E-state index contributed by atoms with van der Waals surface area (Å²) in [5, 5.41) is 10.5. The van der Waals surface area contributed by atoms with Gasteiger partial charge in [-0.05, 0) is 31.9 Å². The molecule has 0 bridgehead atoms. The van der Waals surface area contributed by atoms with Crippen LogP contribution in [-0.4, -0.2) is 36.5 Å². The number of hydrogen-bond donors (Lipinski definition) is 2. The van der Waals surface area contributed by atoms with E-state index in [1.807, 2.05) is 6.20 Å². The van der Waals surface area contributed by atoms with Crippen LogP contribution >= 0.6 is 0 Å². The molecule has 1 aliphatic heterocycles. The number of nitrogens with zero attached hydrogens (tertiary/aromatic N) is 1. The molecule has 4 nitrogen and oxygen atoms in total. The summed E-state index contributed by atoms with van der Waals surface area (Å²) >= 11 is 0. The second-order valence-electron chi connectivity index (χ2n) is 5.10. The van der Waals surface area contributed by atoms with Crippen LogP contribution in [0.2, 0.25) is 0 Å². The molecule has 0 spiro atoms. The maximum Gasteiger partial charge on any atom is 0.0554 e. The molecule has 16 heavy (non-hydrogen) atoms. The van der Waals surface area contributed by atoms with Gasteiger partial charge in [0.1, 0.15) is 0 Å². The molecule has 0 saturated carbocycles. The lowest BCUT2D eigenvalue weighted by molar-refractivity contribution is -0.0989. The lowest BCUT2D eigenvalue weighted by atomic mass is 9.89. The summed E-state index contributed by atoms with van der Waals surface area (Å²) in [6.07, 6.45) is 4.19. The summed E-state index contributed by atoms with van der Waals surface area (Å²) in [5.41, 5.74) is 2.91. The first kappa shape index (κ1) is 11.6. The Hall–Kier alpha value is -0.870. The Labute approximate surface area is 96.8 Å². The van der Waals surface area contributed by atoms with E-state index in [0.29, 0.717) is 5.41 Å². The first-order valence-corrected chi connectivity index (χ1v) is 5.97. The Morgan fingerprint density at radius 2 is 2.38 bits per heavy atom. The van der Waals surface area contributed by atoms with Crippen molar-refractivity contribution in [2.75, 3.05) is 26.3 Å². The molecule has 1 saturated heterocycles. The minimum absolute atomic E-state index is 0.381. The van der Waals surface area contributed by atoms with E-state index >= 15 is 0 Å². The number of ether oxygens (including phenoxy) is 1. The predicted molar refractivity (Wildman–Crippen MR) is 63.4 cm³/mol. The number of nitrogens with one attached hydrogen (secondary N) is 2. The Kier molecular flexibility index (Phi) is 3.61. The van der Waals surface area contributed by atoms with Gasteiger partial charge in [0.2, 0.25) is 0 Å². The van der Waals surface area contributed by atoms with Gasteiger partial charge in [-0.2, -0.15) is 5.10 Å². The van der Waals surface area contributed by atoms with Crippen molar-refractivity contribution in [3.05, 3.63) is 17.5 Å². The van der Waals surface area contributed by atoms with Gasteiger partial charge in [0, 0.05) is 17.7 Å². The summed E-state index contributed by atoms with van der Waals surface area (Å²) in [7, 11) is 0. The highest BCUT2D eigenvalue weighted by Crippen LogP contribution is 2.24. The summed E-state index contributed by atoms with van der Waals surface area (Å²) in [5.74, 6) is 0.